The molecule has 0 unspecified atom stereocenters. The van der Waals surface area contributed by atoms with E-state index in [1.165, 1.54) is 4.52 Å². The molecule has 3 rings (SSSR count). The summed E-state index contributed by atoms with van der Waals surface area (Å²) in [6, 6.07) is 1.76. The zero-order chi connectivity index (χ0) is 16.2. The molecule has 0 aliphatic carbocycles. The molecule has 122 valence electrons. The molecule has 1 fully saturated rings. The largest absolute Gasteiger partial charge is 0.450 e. The van der Waals surface area contributed by atoms with Crippen molar-refractivity contribution in [2.45, 2.75) is 32.6 Å². The number of fused-ring (bicyclic) bond motifs is 1. The molecule has 8 heteroatoms. The van der Waals surface area contributed by atoms with E-state index in [0.717, 1.165) is 44.5 Å². The van der Waals surface area contributed by atoms with Crippen molar-refractivity contribution in [3.8, 4) is 0 Å². The second-order valence-corrected chi connectivity index (χ2v) is 5.60. The van der Waals surface area contributed by atoms with Gasteiger partial charge < -0.3 is 9.64 Å². The van der Waals surface area contributed by atoms with Gasteiger partial charge in [0.1, 0.15) is 0 Å². The Morgan fingerprint density at radius 3 is 2.65 bits per heavy atom. The molecule has 2 aromatic heterocycles. The van der Waals surface area contributed by atoms with E-state index in [9.17, 15) is 9.59 Å². The molecular weight excluding hydrogens is 298 g/mol. The maximum absolute atomic E-state index is 12.1. The van der Waals surface area contributed by atoms with E-state index < -0.39 is 5.97 Å². The van der Waals surface area contributed by atoms with Gasteiger partial charge in [-0.1, -0.05) is 12.8 Å². The standard InChI is InChI=1S/C15H19N5O3/c1-11-6-7-16-15-17-13(18-20(11)15)14(22)23-10-12(21)19-8-4-2-3-5-9-19/h6-7H,2-5,8-10H2,1H3. The minimum absolute atomic E-state index is 0.0875. The topological polar surface area (TPSA) is 89.7 Å². The average molecular weight is 317 g/mol. The molecule has 8 nitrogen and oxygen atoms in total. The molecule has 3 heterocycles. The van der Waals surface area contributed by atoms with Gasteiger partial charge in [0, 0.05) is 25.0 Å². The lowest BCUT2D eigenvalue weighted by Crippen LogP contribution is -2.35. The van der Waals surface area contributed by atoms with E-state index in [1.54, 1.807) is 17.2 Å². The molecule has 2 aromatic rings. The van der Waals surface area contributed by atoms with Crippen LogP contribution in [0.25, 0.3) is 5.78 Å². The normalized spacial score (nSPS) is 15.4. The Hall–Kier alpha value is -2.51. The first-order valence-electron chi connectivity index (χ1n) is 7.78. The number of aryl methyl sites for hydroxylation is 1. The second kappa shape index (κ2) is 6.72. The molecule has 23 heavy (non-hydrogen) atoms. The first kappa shape index (κ1) is 15.4. The van der Waals surface area contributed by atoms with Crippen molar-refractivity contribution in [2.75, 3.05) is 19.7 Å². The number of carbonyl (C=O) groups excluding carboxylic acids is 2. The SMILES string of the molecule is Cc1ccnc2nc(C(=O)OCC(=O)N3CCCCCC3)nn12. The maximum atomic E-state index is 12.1. The number of amides is 1. The molecule has 1 aliphatic heterocycles. The Kier molecular flexibility index (Phi) is 4.50. The van der Waals surface area contributed by atoms with Gasteiger partial charge in [-0.3, -0.25) is 4.79 Å². The summed E-state index contributed by atoms with van der Waals surface area (Å²) >= 11 is 0. The number of ether oxygens (including phenoxy) is 1. The fourth-order valence-corrected chi connectivity index (χ4v) is 2.60. The zero-order valence-corrected chi connectivity index (χ0v) is 13.1. The summed E-state index contributed by atoms with van der Waals surface area (Å²) < 4.78 is 6.52. The minimum atomic E-state index is -0.710. The minimum Gasteiger partial charge on any atom is -0.450 e. The van der Waals surface area contributed by atoms with Crippen LogP contribution in [0.4, 0.5) is 0 Å². The Labute approximate surface area is 133 Å². The second-order valence-electron chi connectivity index (χ2n) is 5.60. The van der Waals surface area contributed by atoms with Crippen molar-refractivity contribution in [1.82, 2.24) is 24.5 Å². The van der Waals surface area contributed by atoms with Crippen molar-refractivity contribution in [2.24, 2.45) is 0 Å². The Morgan fingerprint density at radius 1 is 1.22 bits per heavy atom. The highest BCUT2D eigenvalue weighted by molar-refractivity contribution is 5.88. The van der Waals surface area contributed by atoms with Crippen LogP contribution in [-0.4, -0.2) is 56.1 Å². The summed E-state index contributed by atoms with van der Waals surface area (Å²) in [5.41, 5.74) is 0.808. The van der Waals surface area contributed by atoms with Gasteiger partial charge in [-0.15, -0.1) is 5.10 Å². The molecule has 0 saturated carbocycles. The monoisotopic (exact) mass is 317 g/mol. The molecule has 1 amide bonds. The summed E-state index contributed by atoms with van der Waals surface area (Å²) in [5, 5.41) is 4.06. The van der Waals surface area contributed by atoms with Gasteiger partial charge in [0.2, 0.25) is 0 Å². The Morgan fingerprint density at radius 2 is 1.96 bits per heavy atom. The van der Waals surface area contributed by atoms with Crippen LogP contribution in [0.2, 0.25) is 0 Å². The number of esters is 1. The Bertz CT molecular complexity index is 719. The first-order chi connectivity index (χ1) is 11.1. The number of hydrogen-bond acceptors (Lipinski definition) is 6. The maximum Gasteiger partial charge on any atom is 0.378 e. The average Bonchev–Trinajstić information content (AvgIpc) is 2.81. The third-order valence-electron chi connectivity index (χ3n) is 3.90. The van der Waals surface area contributed by atoms with Crippen molar-refractivity contribution in [3.05, 3.63) is 23.8 Å². The van der Waals surface area contributed by atoms with E-state index in [-0.39, 0.29) is 18.3 Å². The summed E-state index contributed by atoms with van der Waals surface area (Å²) in [6.45, 7) is 3.01. The van der Waals surface area contributed by atoms with Crippen molar-refractivity contribution in [1.29, 1.82) is 0 Å². The first-order valence-corrected chi connectivity index (χ1v) is 7.78. The molecule has 0 atom stereocenters. The molecule has 0 spiro atoms. The van der Waals surface area contributed by atoms with Crippen LogP contribution >= 0.6 is 0 Å². The third kappa shape index (κ3) is 3.46. The molecule has 0 N–H and O–H groups in total. The van der Waals surface area contributed by atoms with Gasteiger partial charge in [0.15, 0.2) is 6.61 Å². The van der Waals surface area contributed by atoms with Gasteiger partial charge in [-0.25, -0.2) is 14.3 Å². The lowest BCUT2D eigenvalue weighted by molar-refractivity contribution is -0.134. The van der Waals surface area contributed by atoms with E-state index in [4.69, 9.17) is 4.74 Å². The summed E-state index contributed by atoms with van der Waals surface area (Å²) in [7, 11) is 0. The van der Waals surface area contributed by atoms with Gasteiger partial charge in [0.25, 0.3) is 17.5 Å². The van der Waals surface area contributed by atoms with Crippen LogP contribution in [0.3, 0.4) is 0 Å². The van der Waals surface area contributed by atoms with Crippen LogP contribution in [-0.2, 0) is 9.53 Å². The zero-order valence-electron chi connectivity index (χ0n) is 13.1. The Balaban J connectivity index is 1.61. The van der Waals surface area contributed by atoms with Crippen LogP contribution < -0.4 is 0 Å². The third-order valence-corrected chi connectivity index (χ3v) is 3.90. The fourth-order valence-electron chi connectivity index (χ4n) is 2.60. The predicted octanol–water partition coefficient (Wildman–Crippen LogP) is 0.992. The number of nitrogens with zero attached hydrogens (tertiary/aromatic N) is 5. The van der Waals surface area contributed by atoms with Gasteiger partial charge in [-0.05, 0) is 25.8 Å². The molecule has 0 aromatic carbocycles. The smallest absolute Gasteiger partial charge is 0.378 e. The summed E-state index contributed by atoms with van der Waals surface area (Å²) in [6.07, 6.45) is 5.87. The number of likely N-dealkylation sites (tertiary alicyclic amines) is 1. The van der Waals surface area contributed by atoms with E-state index in [0.29, 0.717) is 5.78 Å². The van der Waals surface area contributed by atoms with Gasteiger partial charge >= 0.3 is 5.97 Å². The fraction of sp³-hybridized carbons (Fsp3) is 0.533. The van der Waals surface area contributed by atoms with Crippen LogP contribution in [0.15, 0.2) is 12.3 Å². The molecule has 1 aliphatic rings. The van der Waals surface area contributed by atoms with Crippen LogP contribution in [0, 0.1) is 6.92 Å². The number of hydrogen-bond donors (Lipinski definition) is 0. The molecule has 1 saturated heterocycles. The van der Waals surface area contributed by atoms with E-state index in [2.05, 4.69) is 15.1 Å². The highest BCUT2D eigenvalue weighted by atomic mass is 16.5. The molecule has 0 radical (unpaired) electrons. The lowest BCUT2D eigenvalue weighted by atomic mass is 10.2. The number of aromatic nitrogens is 4. The highest BCUT2D eigenvalue weighted by Crippen LogP contribution is 2.10. The van der Waals surface area contributed by atoms with Crippen molar-refractivity contribution < 1.29 is 14.3 Å². The molecular formula is C15H19N5O3. The van der Waals surface area contributed by atoms with Crippen LogP contribution in [0.5, 0.6) is 0 Å². The number of rotatable bonds is 3. The van der Waals surface area contributed by atoms with E-state index in [1.807, 2.05) is 6.92 Å². The quantitative estimate of drug-likeness (QED) is 0.784. The van der Waals surface area contributed by atoms with Crippen LogP contribution in [0.1, 0.15) is 42.0 Å². The van der Waals surface area contributed by atoms with Crippen molar-refractivity contribution >= 4 is 17.7 Å². The number of carbonyl (C=O) groups is 2. The van der Waals surface area contributed by atoms with Crippen molar-refractivity contribution in [3.63, 3.8) is 0 Å². The predicted molar refractivity (Wildman–Crippen MR) is 80.8 cm³/mol. The summed E-state index contributed by atoms with van der Waals surface area (Å²) in [5.74, 6) is -0.636. The van der Waals surface area contributed by atoms with Gasteiger partial charge in [-0.2, -0.15) is 4.98 Å². The van der Waals surface area contributed by atoms with Gasteiger partial charge in [0.05, 0.1) is 0 Å². The lowest BCUT2D eigenvalue weighted by Gasteiger charge is -2.19. The molecule has 0 bridgehead atoms. The highest BCUT2D eigenvalue weighted by Gasteiger charge is 2.20. The van der Waals surface area contributed by atoms with E-state index >= 15 is 0 Å². The summed E-state index contributed by atoms with van der Waals surface area (Å²) in [4.78, 5) is 33.9.